The summed E-state index contributed by atoms with van der Waals surface area (Å²) in [6.45, 7) is 0.340. The van der Waals surface area contributed by atoms with Gasteiger partial charge >= 0.3 is 5.97 Å². The number of benzene rings is 2. The number of carbonyl (C=O) groups is 2. The predicted molar refractivity (Wildman–Crippen MR) is 81.8 cm³/mol. The van der Waals surface area contributed by atoms with Gasteiger partial charge in [0, 0.05) is 11.9 Å². The average Bonchev–Trinajstić information content (AvgIpc) is 3.02. The SMILES string of the molecule is O=C(O)C1CCCN1C(=O)COc1cccc2ccccc12. The Morgan fingerprint density at radius 1 is 1.18 bits per heavy atom. The van der Waals surface area contributed by atoms with Crippen LogP contribution in [-0.4, -0.2) is 41.1 Å². The van der Waals surface area contributed by atoms with Crippen molar-refractivity contribution in [3.63, 3.8) is 0 Å². The lowest BCUT2D eigenvalue weighted by Crippen LogP contribution is -2.42. The number of nitrogens with zero attached hydrogens (tertiary/aromatic N) is 1. The smallest absolute Gasteiger partial charge is 0.326 e. The number of aliphatic carboxylic acids is 1. The van der Waals surface area contributed by atoms with Crippen LogP contribution in [0.25, 0.3) is 10.8 Å². The van der Waals surface area contributed by atoms with Crippen molar-refractivity contribution in [2.24, 2.45) is 0 Å². The Bertz CT molecular complexity index is 707. The van der Waals surface area contributed by atoms with Crippen LogP contribution in [0.15, 0.2) is 42.5 Å². The summed E-state index contributed by atoms with van der Waals surface area (Å²) in [5.41, 5.74) is 0. The fourth-order valence-electron chi connectivity index (χ4n) is 2.87. The fourth-order valence-corrected chi connectivity index (χ4v) is 2.87. The minimum atomic E-state index is -0.948. The number of carboxylic acids is 1. The van der Waals surface area contributed by atoms with E-state index in [1.807, 2.05) is 42.5 Å². The van der Waals surface area contributed by atoms with Gasteiger partial charge in [0.25, 0.3) is 5.91 Å². The van der Waals surface area contributed by atoms with E-state index < -0.39 is 12.0 Å². The molecule has 1 saturated heterocycles. The third-order valence-corrected chi connectivity index (χ3v) is 3.96. The highest BCUT2D eigenvalue weighted by atomic mass is 16.5. The lowest BCUT2D eigenvalue weighted by molar-refractivity contribution is -0.148. The van der Waals surface area contributed by atoms with Crippen molar-refractivity contribution in [3.05, 3.63) is 42.5 Å². The minimum absolute atomic E-state index is 0.141. The van der Waals surface area contributed by atoms with E-state index in [1.165, 1.54) is 4.90 Å². The van der Waals surface area contributed by atoms with Gasteiger partial charge in [-0.25, -0.2) is 4.79 Å². The number of likely N-dealkylation sites (tertiary alicyclic amines) is 1. The van der Waals surface area contributed by atoms with Crippen LogP contribution in [0.5, 0.6) is 5.75 Å². The number of carbonyl (C=O) groups excluding carboxylic acids is 1. The van der Waals surface area contributed by atoms with Crippen molar-refractivity contribution in [1.29, 1.82) is 0 Å². The van der Waals surface area contributed by atoms with E-state index in [1.54, 1.807) is 0 Å². The Morgan fingerprint density at radius 3 is 2.77 bits per heavy atom. The molecule has 1 unspecified atom stereocenters. The first-order chi connectivity index (χ1) is 10.7. The molecule has 0 saturated carbocycles. The molecular formula is C17H17NO4. The highest BCUT2D eigenvalue weighted by Gasteiger charge is 2.33. The van der Waals surface area contributed by atoms with Gasteiger partial charge in [-0.2, -0.15) is 0 Å². The first kappa shape index (κ1) is 14.4. The summed E-state index contributed by atoms with van der Waals surface area (Å²) >= 11 is 0. The first-order valence-electron chi connectivity index (χ1n) is 7.29. The molecule has 5 heteroatoms. The van der Waals surface area contributed by atoms with E-state index in [4.69, 9.17) is 9.84 Å². The molecule has 114 valence electrons. The maximum Gasteiger partial charge on any atom is 0.326 e. The fraction of sp³-hybridized carbons (Fsp3) is 0.294. The van der Waals surface area contributed by atoms with Crippen molar-refractivity contribution in [2.75, 3.05) is 13.2 Å². The highest BCUT2D eigenvalue weighted by Crippen LogP contribution is 2.25. The molecule has 22 heavy (non-hydrogen) atoms. The van der Waals surface area contributed by atoms with Gasteiger partial charge in [-0.1, -0.05) is 36.4 Å². The number of fused-ring (bicyclic) bond motifs is 1. The second-order valence-corrected chi connectivity index (χ2v) is 5.35. The maximum atomic E-state index is 12.2. The number of carboxylic acid groups (broad SMARTS) is 1. The Morgan fingerprint density at radius 2 is 1.95 bits per heavy atom. The third-order valence-electron chi connectivity index (χ3n) is 3.96. The highest BCUT2D eigenvalue weighted by molar-refractivity contribution is 5.89. The molecule has 0 bridgehead atoms. The number of hydrogen-bond acceptors (Lipinski definition) is 3. The zero-order valence-electron chi connectivity index (χ0n) is 12.1. The van der Waals surface area contributed by atoms with E-state index in [0.717, 1.165) is 17.2 Å². The molecule has 1 aliphatic heterocycles. The molecule has 1 N–H and O–H groups in total. The molecule has 3 rings (SSSR count). The van der Waals surface area contributed by atoms with Gasteiger partial charge in [0.05, 0.1) is 0 Å². The number of amides is 1. The topological polar surface area (TPSA) is 66.8 Å². The number of rotatable bonds is 4. The largest absolute Gasteiger partial charge is 0.483 e. The van der Waals surface area contributed by atoms with Gasteiger partial charge < -0.3 is 14.7 Å². The molecule has 2 aromatic rings. The summed E-state index contributed by atoms with van der Waals surface area (Å²) in [5.74, 6) is -0.591. The predicted octanol–water partition coefficient (Wildman–Crippen LogP) is 2.29. The molecule has 5 nitrogen and oxygen atoms in total. The van der Waals surface area contributed by atoms with E-state index in [9.17, 15) is 9.59 Å². The van der Waals surface area contributed by atoms with Crippen molar-refractivity contribution < 1.29 is 19.4 Å². The van der Waals surface area contributed by atoms with Crippen LogP contribution in [0.1, 0.15) is 12.8 Å². The Kier molecular flexibility index (Phi) is 3.96. The normalized spacial score (nSPS) is 17.6. The number of ether oxygens (including phenoxy) is 1. The molecule has 1 heterocycles. The monoisotopic (exact) mass is 299 g/mol. The number of hydrogen-bond donors (Lipinski definition) is 1. The van der Waals surface area contributed by atoms with Crippen LogP contribution in [-0.2, 0) is 9.59 Å². The molecule has 0 aromatic heterocycles. The summed E-state index contributed by atoms with van der Waals surface area (Å²) < 4.78 is 5.64. The minimum Gasteiger partial charge on any atom is -0.483 e. The molecule has 2 aromatic carbocycles. The van der Waals surface area contributed by atoms with Gasteiger partial charge in [0.15, 0.2) is 6.61 Å². The summed E-state index contributed by atoms with van der Waals surface area (Å²) in [6.07, 6.45) is 1.23. The summed E-state index contributed by atoms with van der Waals surface area (Å²) in [4.78, 5) is 24.7. The zero-order chi connectivity index (χ0) is 15.5. The first-order valence-corrected chi connectivity index (χ1v) is 7.29. The zero-order valence-corrected chi connectivity index (χ0v) is 12.1. The third kappa shape index (κ3) is 2.74. The maximum absolute atomic E-state index is 12.2. The standard InChI is InChI=1S/C17H17NO4/c19-16(18-10-4-8-14(18)17(20)21)11-22-15-9-3-6-12-5-1-2-7-13(12)15/h1-3,5-7,9,14H,4,8,10-11H2,(H,20,21). The van der Waals surface area contributed by atoms with Gasteiger partial charge in [-0.15, -0.1) is 0 Å². The quantitative estimate of drug-likeness (QED) is 0.940. The van der Waals surface area contributed by atoms with Crippen LogP contribution in [0, 0.1) is 0 Å². The van der Waals surface area contributed by atoms with E-state index in [0.29, 0.717) is 18.7 Å². The lowest BCUT2D eigenvalue weighted by Gasteiger charge is -2.21. The van der Waals surface area contributed by atoms with Crippen molar-refractivity contribution in [3.8, 4) is 5.75 Å². The molecule has 1 aliphatic rings. The van der Waals surface area contributed by atoms with Crippen LogP contribution >= 0.6 is 0 Å². The summed E-state index contributed by atoms with van der Waals surface area (Å²) in [6, 6.07) is 12.7. The van der Waals surface area contributed by atoms with Crippen molar-refractivity contribution in [1.82, 2.24) is 4.90 Å². The molecule has 0 aliphatic carbocycles. The van der Waals surface area contributed by atoms with Crippen LogP contribution in [0.4, 0.5) is 0 Å². The molecule has 0 radical (unpaired) electrons. The summed E-state index contributed by atoms with van der Waals surface area (Å²) in [7, 11) is 0. The van der Waals surface area contributed by atoms with Crippen molar-refractivity contribution in [2.45, 2.75) is 18.9 Å². The van der Waals surface area contributed by atoms with E-state index >= 15 is 0 Å². The summed E-state index contributed by atoms with van der Waals surface area (Å²) in [5, 5.41) is 11.1. The Balaban J connectivity index is 1.71. The van der Waals surface area contributed by atoms with Crippen molar-refractivity contribution >= 4 is 22.6 Å². The van der Waals surface area contributed by atoms with Crippen LogP contribution < -0.4 is 4.74 Å². The lowest BCUT2D eigenvalue weighted by atomic mass is 10.1. The Labute approximate surface area is 128 Å². The van der Waals surface area contributed by atoms with Gasteiger partial charge in [-0.05, 0) is 24.3 Å². The van der Waals surface area contributed by atoms with Gasteiger partial charge in [0.1, 0.15) is 11.8 Å². The van der Waals surface area contributed by atoms with Gasteiger partial charge in [0.2, 0.25) is 0 Å². The van der Waals surface area contributed by atoms with E-state index in [2.05, 4.69) is 0 Å². The molecule has 1 atom stereocenters. The Hall–Kier alpha value is -2.56. The molecule has 1 amide bonds. The van der Waals surface area contributed by atoms with Crippen LogP contribution in [0.3, 0.4) is 0 Å². The van der Waals surface area contributed by atoms with Gasteiger partial charge in [-0.3, -0.25) is 4.79 Å². The van der Waals surface area contributed by atoms with Crippen LogP contribution in [0.2, 0.25) is 0 Å². The molecule has 1 fully saturated rings. The molecule has 0 spiro atoms. The average molecular weight is 299 g/mol. The second kappa shape index (κ2) is 6.05. The second-order valence-electron chi connectivity index (χ2n) is 5.35. The van der Waals surface area contributed by atoms with E-state index in [-0.39, 0.29) is 12.5 Å². The molecular weight excluding hydrogens is 282 g/mol.